The van der Waals surface area contributed by atoms with Crippen LogP contribution in [-0.2, 0) is 17.8 Å². The Morgan fingerprint density at radius 2 is 2.12 bits per heavy atom. The average Bonchev–Trinajstić information content (AvgIpc) is 3.10. The number of aromatic nitrogens is 1. The third-order valence-electron chi connectivity index (χ3n) is 5.15. The second kappa shape index (κ2) is 7.31. The van der Waals surface area contributed by atoms with Crippen molar-refractivity contribution >= 4 is 11.3 Å². The van der Waals surface area contributed by atoms with E-state index < -0.39 is 0 Å². The van der Waals surface area contributed by atoms with E-state index in [4.69, 9.17) is 4.74 Å². The summed E-state index contributed by atoms with van der Waals surface area (Å²) in [6.07, 6.45) is 4.21. The molecule has 4 rings (SSSR count). The van der Waals surface area contributed by atoms with Crippen molar-refractivity contribution in [3.05, 3.63) is 52.0 Å². The van der Waals surface area contributed by atoms with Crippen LogP contribution >= 0.6 is 11.3 Å². The van der Waals surface area contributed by atoms with E-state index >= 15 is 0 Å². The quantitative estimate of drug-likeness (QED) is 0.853. The van der Waals surface area contributed by atoms with Crippen LogP contribution in [0.1, 0.15) is 16.0 Å². The number of hydrogen-bond acceptors (Lipinski definition) is 5. The van der Waals surface area contributed by atoms with Crippen LogP contribution in [0.3, 0.4) is 0 Å². The summed E-state index contributed by atoms with van der Waals surface area (Å²) < 4.78 is 6.18. The lowest BCUT2D eigenvalue weighted by Gasteiger charge is -2.23. The molecule has 2 aromatic heterocycles. The summed E-state index contributed by atoms with van der Waals surface area (Å²) in [4.78, 5) is 10.8. The minimum absolute atomic E-state index is 0.393. The maximum Gasteiger partial charge on any atom is 0.0755 e. The molecule has 0 aliphatic carbocycles. The molecule has 0 N–H and O–H groups in total. The molecule has 0 spiro atoms. The lowest BCUT2D eigenvalue weighted by Crippen LogP contribution is -2.32. The SMILES string of the molecule is Cc1ccsc1CN1C[C@@H]2CN(Cc3cccnc3)CCO[C@@H]2C1. The molecule has 2 atom stereocenters. The Morgan fingerprint density at radius 1 is 1.21 bits per heavy atom. The highest BCUT2D eigenvalue weighted by molar-refractivity contribution is 7.10. The van der Waals surface area contributed by atoms with Crippen molar-refractivity contribution in [1.29, 1.82) is 0 Å². The van der Waals surface area contributed by atoms with Gasteiger partial charge in [0.05, 0.1) is 12.7 Å². The van der Waals surface area contributed by atoms with Crippen LogP contribution in [0.25, 0.3) is 0 Å². The van der Waals surface area contributed by atoms with Crippen LogP contribution in [0.2, 0.25) is 0 Å². The number of thiophene rings is 1. The molecule has 0 amide bonds. The maximum absolute atomic E-state index is 6.18. The predicted molar refractivity (Wildman–Crippen MR) is 97.1 cm³/mol. The predicted octanol–water partition coefficient (Wildman–Crippen LogP) is 2.78. The highest BCUT2D eigenvalue weighted by Gasteiger charge is 2.36. The number of likely N-dealkylation sites (tertiary alicyclic amines) is 1. The Labute approximate surface area is 148 Å². The zero-order chi connectivity index (χ0) is 16.4. The largest absolute Gasteiger partial charge is 0.375 e. The molecule has 0 aromatic carbocycles. The van der Waals surface area contributed by atoms with Gasteiger partial charge in [-0.2, -0.15) is 0 Å². The van der Waals surface area contributed by atoms with E-state index in [1.54, 1.807) is 0 Å². The fourth-order valence-electron chi connectivity index (χ4n) is 3.84. The van der Waals surface area contributed by atoms with Crippen molar-refractivity contribution < 1.29 is 4.74 Å². The Bertz CT molecular complexity index is 660. The Kier molecular flexibility index (Phi) is 4.94. The van der Waals surface area contributed by atoms with Gasteiger partial charge in [0, 0.05) is 62.5 Å². The van der Waals surface area contributed by atoms with Gasteiger partial charge in [0.1, 0.15) is 0 Å². The number of nitrogens with zero attached hydrogens (tertiary/aromatic N) is 3. The number of ether oxygens (including phenoxy) is 1. The van der Waals surface area contributed by atoms with Crippen LogP contribution in [0.4, 0.5) is 0 Å². The third-order valence-corrected chi connectivity index (χ3v) is 6.16. The van der Waals surface area contributed by atoms with E-state index in [0.717, 1.165) is 45.9 Å². The minimum atomic E-state index is 0.393. The summed E-state index contributed by atoms with van der Waals surface area (Å²) in [6, 6.07) is 6.41. The molecule has 0 unspecified atom stereocenters. The fourth-order valence-corrected chi connectivity index (χ4v) is 4.79. The van der Waals surface area contributed by atoms with Crippen LogP contribution in [-0.4, -0.2) is 53.7 Å². The van der Waals surface area contributed by atoms with Crippen LogP contribution in [0.5, 0.6) is 0 Å². The van der Waals surface area contributed by atoms with Crippen LogP contribution in [0.15, 0.2) is 36.0 Å². The lowest BCUT2D eigenvalue weighted by molar-refractivity contribution is 0.0510. The van der Waals surface area contributed by atoms with Gasteiger partial charge in [-0.15, -0.1) is 11.3 Å². The second-order valence-corrected chi connectivity index (χ2v) is 7.99. The molecule has 4 nitrogen and oxygen atoms in total. The minimum Gasteiger partial charge on any atom is -0.375 e. The van der Waals surface area contributed by atoms with Crippen molar-refractivity contribution in [2.24, 2.45) is 5.92 Å². The number of fused-ring (bicyclic) bond motifs is 1. The topological polar surface area (TPSA) is 28.6 Å². The van der Waals surface area contributed by atoms with E-state index in [9.17, 15) is 0 Å². The molecule has 128 valence electrons. The Morgan fingerprint density at radius 3 is 2.92 bits per heavy atom. The van der Waals surface area contributed by atoms with Gasteiger partial charge in [0.25, 0.3) is 0 Å². The molecule has 0 radical (unpaired) electrons. The highest BCUT2D eigenvalue weighted by Crippen LogP contribution is 2.27. The average molecular weight is 343 g/mol. The van der Waals surface area contributed by atoms with Crippen LogP contribution < -0.4 is 0 Å². The van der Waals surface area contributed by atoms with Crippen LogP contribution in [0, 0.1) is 12.8 Å². The summed E-state index contributed by atoms with van der Waals surface area (Å²) in [6.45, 7) is 9.46. The first-order chi connectivity index (χ1) is 11.8. The summed E-state index contributed by atoms with van der Waals surface area (Å²) in [5.74, 6) is 0.615. The molecule has 0 saturated carbocycles. The molecular formula is C19H25N3OS. The highest BCUT2D eigenvalue weighted by atomic mass is 32.1. The monoisotopic (exact) mass is 343 g/mol. The second-order valence-electron chi connectivity index (χ2n) is 6.99. The van der Waals surface area contributed by atoms with Gasteiger partial charge in [-0.05, 0) is 35.6 Å². The third kappa shape index (κ3) is 3.70. The van der Waals surface area contributed by atoms with Crippen molar-refractivity contribution in [3.63, 3.8) is 0 Å². The van der Waals surface area contributed by atoms with E-state index in [2.05, 4.69) is 39.2 Å². The van der Waals surface area contributed by atoms with Gasteiger partial charge in [-0.25, -0.2) is 0 Å². The smallest absolute Gasteiger partial charge is 0.0755 e. The van der Waals surface area contributed by atoms with E-state index in [-0.39, 0.29) is 0 Å². The summed E-state index contributed by atoms with van der Waals surface area (Å²) >= 11 is 1.88. The first kappa shape index (κ1) is 16.2. The molecule has 4 heterocycles. The van der Waals surface area contributed by atoms with Gasteiger partial charge < -0.3 is 4.74 Å². The van der Waals surface area contributed by atoms with E-state index in [0.29, 0.717) is 12.0 Å². The number of rotatable bonds is 4. The first-order valence-corrected chi connectivity index (χ1v) is 9.64. The molecule has 2 saturated heterocycles. The summed E-state index contributed by atoms with van der Waals surface area (Å²) in [5, 5.41) is 2.20. The molecule has 5 heteroatoms. The normalized spacial score (nSPS) is 25.5. The number of hydrogen-bond donors (Lipinski definition) is 0. The molecule has 2 aliphatic heterocycles. The summed E-state index contributed by atoms with van der Waals surface area (Å²) in [5.41, 5.74) is 2.71. The standard InChI is InChI=1S/C19H25N3OS/c1-15-4-8-24-19(15)14-22-12-17-11-21(6-7-23-18(17)13-22)10-16-3-2-5-20-9-16/h2-5,8-9,17-18H,6-7,10-14H2,1H3/t17-,18+/m0/s1. The van der Waals surface area contributed by atoms with Gasteiger partial charge in [-0.1, -0.05) is 6.07 Å². The zero-order valence-corrected chi connectivity index (χ0v) is 15.0. The zero-order valence-electron chi connectivity index (χ0n) is 14.2. The van der Waals surface area contributed by atoms with Crippen molar-refractivity contribution in [2.45, 2.75) is 26.1 Å². The summed E-state index contributed by atoms with van der Waals surface area (Å²) in [7, 11) is 0. The van der Waals surface area contributed by atoms with Gasteiger partial charge in [0.2, 0.25) is 0 Å². The maximum atomic E-state index is 6.18. The molecule has 2 aliphatic rings. The van der Waals surface area contributed by atoms with Gasteiger partial charge >= 0.3 is 0 Å². The molecule has 2 fully saturated rings. The molecule has 0 bridgehead atoms. The fraction of sp³-hybridized carbons (Fsp3) is 0.526. The molecule has 2 aromatic rings. The van der Waals surface area contributed by atoms with Crippen molar-refractivity contribution in [3.8, 4) is 0 Å². The Hall–Kier alpha value is -1.27. The molecular weight excluding hydrogens is 318 g/mol. The van der Waals surface area contributed by atoms with E-state index in [1.807, 2.05) is 29.8 Å². The number of aryl methyl sites for hydroxylation is 1. The lowest BCUT2D eigenvalue weighted by atomic mass is 10.1. The van der Waals surface area contributed by atoms with Crippen molar-refractivity contribution in [1.82, 2.24) is 14.8 Å². The first-order valence-electron chi connectivity index (χ1n) is 8.76. The number of pyridine rings is 1. The van der Waals surface area contributed by atoms with E-state index in [1.165, 1.54) is 16.0 Å². The van der Waals surface area contributed by atoms with Gasteiger partial charge in [-0.3, -0.25) is 14.8 Å². The molecule has 24 heavy (non-hydrogen) atoms. The van der Waals surface area contributed by atoms with Gasteiger partial charge in [0.15, 0.2) is 0 Å². The Balaban J connectivity index is 1.37. The van der Waals surface area contributed by atoms with Crippen molar-refractivity contribution in [2.75, 3.05) is 32.8 Å².